The Balaban J connectivity index is 1.64. The molecule has 3 N–H and O–H groups in total. The molecule has 6 nitrogen and oxygen atoms in total. The minimum absolute atomic E-state index is 0.0386. The lowest BCUT2D eigenvalue weighted by atomic mass is 9.82. The van der Waals surface area contributed by atoms with Crippen LogP contribution in [0.25, 0.3) is 0 Å². The van der Waals surface area contributed by atoms with Gasteiger partial charge in [-0.05, 0) is 61.9 Å². The van der Waals surface area contributed by atoms with Crippen LogP contribution in [-0.2, 0) is 9.59 Å². The van der Waals surface area contributed by atoms with Crippen LogP contribution in [-0.4, -0.2) is 17.6 Å². The van der Waals surface area contributed by atoms with Crippen molar-refractivity contribution in [3.8, 4) is 6.07 Å². The van der Waals surface area contributed by atoms with Gasteiger partial charge in [-0.2, -0.15) is 5.26 Å². The van der Waals surface area contributed by atoms with Crippen molar-refractivity contribution in [3.63, 3.8) is 0 Å². The molecule has 0 spiro atoms. The van der Waals surface area contributed by atoms with Gasteiger partial charge in [0.15, 0.2) is 0 Å². The molecule has 0 saturated carbocycles. The molecule has 1 aliphatic rings. The molecule has 0 bridgehead atoms. The minimum atomic E-state index is -0.995. The third-order valence-corrected chi connectivity index (χ3v) is 7.78. The zero-order chi connectivity index (χ0) is 28.1. The number of rotatable bonds is 7. The number of benzene rings is 3. The maximum absolute atomic E-state index is 15.1. The van der Waals surface area contributed by atoms with Gasteiger partial charge in [-0.25, -0.2) is 4.39 Å². The van der Waals surface area contributed by atoms with Crippen LogP contribution in [0.2, 0.25) is 10.0 Å². The monoisotopic (exact) mass is 580 g/mol. The number of thioether (sulfide) groups is 1. The number of allylic oxidation sites excluding steroid dienone is 2. The summed E-state index contributed by atoms with van der Waals surface area (Å²) in [4.78, 5) is 26.2. The number of carbonyl (C=O) groups excluding carboxylic acids is 2. The molecular formula is C29H23Cl2FN4O2S. The molecule has 2 amide bonds. The normalized spacial score (nSPS) is 14.9. The molecule has 1 atom stereocenters. The first kappa shape index (κ1) is 28.2. The second kappa shape index (κ2) is 12.4. The number of halogens is 3. The minimum Gasteiger partial charge on any atom is -0.353 e. The maximum atomic E-state index is 15.1. The second-order valence-electron chi connectivity index (χ2n) is 8.68. The first-order valence-corrected chi connectivity index (χ1v) is 13.5. The summed E-state index contributed by atoms with van der Waals surface area (Å²) in [5.74, 6) is -2.40. The van der Waals surface area contributed by atoms with Gasteiger partial charge in [0.05, 0.1) is 28.3 Å². The Morgan fingerprint density at radius 2 is 1.74 bits per heavy atom. The number of hydrogen-bond acceptors (Lipinski definition) is 5. The van der Waals surface area contributed by atoms with Gasteiger partial charge >= 0.3 is 0 Å². The molecular weight excluding hydrogens is 558 g/mol. The Labute approximate surface area is 239 Å². The number of nitriles is 1. The molecule has 0 unspecified atom stereocenters. The number of carbonyl (C=O) groups is 2. The summed E-state index contributed by atoms with van der Waals surface area (Å²) in [5.41, 5.74) is 2.74. The molecule has 1 aliphatic heterocycles. The predicted octanol–water partition coefficient (Wildman–Crippen LogP) is 7.15. The molecule has 10 heteroatoms. The molecule has 0 fully saturated rings. The van der Waals surface area contributed by atoms with E-state index in [1.807, 2.05) is 0 Å². The summed E-state index contributed by atoms with van der Waals surface area (Å²) in [6, 6.07) is 19.9. The van der Waals surface area contributed by atoms with Gasteiger partial charge in [-0.15, -0.1) is 0 Å². The van der Waals surface area contributed by atoms with E-state index in [-0.39, 0.29) is 28.4 Å². The molecule has 4 rings (SSSR count). The molecule has 0 radical (unpaired) electrons. The Kier molecular flexibility index (Phi) is 8.97. The van der Waals surface area contributed by atoms with Gasteiger partial charge < -0.3 is 16.0 Å². The first-order chi connectivity index (χ1) is 18.7. The van der Waals surface area contributed by atoms with E-state index in [0.717, 1.165) is 17.3 Å². The Hall–Kier alpha value is -3.77. The smallest absolute Gasteiger partial charge is 0.254 e. The van der Waals surface area contributed by atoms with Crippen molar-refractivity contribution < 1.29 is 14.0 Å². The van der Waals surface area contributed by atoms with E-state index in [1.165, 1.54) is 12.1 Å². The van der Waals surface area contributed by atoms with Gasteiger partial charge in [0.1, 0.15) is 5.82 Å². The lowest BCUT2D eigenvalue weighted by Gasteiger charge is -2.30. The average molecular weight is 582 g/mol. The Morgan fingerprint density at radius 3 is 2.44 bits per heavy atom. The van der Waals surface area contributed by atoms with Crippen molar-refractivity contribution in [2.75, 3.05) is 16.4 Å². The van der Waals surface area contributed by atoms with Gasteiger partial charge in [0.2, 0.25) is 5.91 Å². The average Bonchev–Trinajstić information content (AvgIpc) is 2.91. The SMILES string of the molecule is CC1=C(C(=O)Nc2ccc(Cl)cc2)[C@H](c2ccccc2F)C(C#N)=C(SCC(=O)Nc2cccc(Cl)c2C)N1. The number of amides is 2. The maximum Gasteiger partial charge on any atom is 0.254 e. The van der Waals surface area contributed by atoms with E-state index >= 15 is 4.39 Å². The third-order valence-electron chi connectivity index (χ3n) is 6.10. The standard InChI is InChI=1S/C29H23Cl2FN4O2S/c1-16-22(31)7-5-9-24(16)36-25(37)15-39-29-21(14-33)27(20-6-3-4-8-23(20)32)26(17(2)34-29)28(38)35-19-12-10-18(30)11-13-19/h3-13,27,34H,15H2,1-2H3,(H,35,38)(H,36,37)/t27-/m1/s1. The highest BCUT2D eigenvalue weighted by atomic mass is 35.5. The topological polar surface area (TPSA) is 94.0 Å². The first-order valence-electron chi connectivity index (χ1n) is 11.8. The van der Waals surface area contributed by atoms with E-state index in [2.05, 4.69) is 22.0 Å². The van der Waals surface area contributed by atoms with Crippen LogP contribution in [0.3, 0.4) is 0 Å². The lowest BCUT2D eigenvalue weighted by Crippen LogP contribution is -2.31. The number of hydrogen-bond donors (Lipinski definition) is 3. The lowest BCUT2D eigenvalue weighted by molar-refractivity contribution is -0.114. The molecule has 3 aromatic carbocycles. The molecule has 3 aromatic rings. The molecule has 198 valence electrons. The fraction of sp³-hybridized carbons (Fsp3) is 0.138. The van der Waals surface area contributed by atoms with Crippen LogP contribution >= 0.6 is 35.0 Å². The van der Waals surface area contributed by atoms with E-state index in [9.17, 15) is 14.9 Å². The number of nitrogens with one attached hydrogen (secondary N) is 3. The Bertz CT molecular complexity index is 1550. The summed E-state index contributed by atoms with van der Waals surface area (Å²) in [6.07, 6.45) is 0. The summed E-state index contributed by atoms with van der Waals surface area (Å²) < 4.78 is 15.1. The summed E-state index contributed by atoms with van der Waals surface area (Å²) >= 11 is 13.2. The van der Waals surface area contributed by atoms with E-state index in [4.69, 9.17) is 23.2 Å². The second-order valence-corrected chi connectivity index (χ2v) is 10.5. The largest absolute Gasteiger partial charge is 0.353 e. The highest BCUT2D eigenvalue weighted by Crippen LogP contribution is 2.42. The van der Waals surface area contributed by atoms with Gasteiger partial charge in [-0.1, -0.05) is 59.2 Å². The van der Waals surface area contributed by atoms with Crippen LogP contribution in [0.5, 0.6) is 0 Å². The van der Waals surface area contributed by atoms with Crippen molar-refractivity contribution in [2.45, 2.75) is 19.8 Å². The van der Waals surface area contributed by atoms with Crippen molar-refractivity contribution in [3.05, 3.63) is 116 Å². The van der Waals surface area contributed by atoms with Crippen molar-refractivity contribution in [2.24, 2.45) is 0 Å². The van der Waals surface area contributed by atoms with E-state index in [1.54, 1.807) is 68.4 Å². The van der Waals surface area contributed by atoms with Gasteiger partial charge in [0.25, 0.3) is 5.91 Å². The third kappa shape index (κ3) is 6.45. The Morgan fingerprint density at radius 1 is 1.03 bits per heavy atom. The number of anilines is 2. The fourth-order valence-electron chi connectivity index (χ4n) is 4.15. The van der Waals surface area contributed by atoms with Gasteiger partial charge in [-0.3, -0.25) is 9.59 Å². The zero-order valence-corrected chi connectivity index (χ0v) is 23.3. The van der Waals surface area contributed by atoms with Crippen LogP contribution in [0, 0.1) is 24.1 Å². The van der Waals surface area contributed by atoms with E-state index < -0.39 is 17.6 Å². The van der Waals surface area contributed by atoms with Crippen molar-refractivity contribution in [1.29, 1.82) is 5.26 Å². The highest BCUT2D eigenvalue weighted by molar-refractivity contribution is 8.03. The quantitative estimate of drug-likeness (QED) is 0.276. The summed E-state index contributed by atoms with van der Waals surface area (Å²) in [5, 5.41) is 20.3. The van der Waals surface area contributed by atoms with E-state index in [0.29, 0.717) is 32.1 Å². The van der Waals surface area contributed by atoms with Crippen LogP contribution in [0.4, 0.5) is 15.8 Å². The van der Waals surface area contributed by atoms with Crippen molar-refractivity contribution >= 4 is 58.2 Å². The van der Waals surface area contributed by atoms with Crippen LogP contribution in [0.15, 0.2) is 88.6 Å². The molecule has 39 heavy (non-hydrogen) atoms. The highest BCUT2D eigenvalue weighted by Gasteiger charge is 2.36. The molecule has 0 aliphatic carbocycles. The fourth-order valence-corrected chi connectivity index (χ4v) is 5.34. The van der Waals surface area contributed by atoms with Crippen molar-refractivity contribution in [1.82, 2.24) is 5.32 Å². The van der Waals surface area contributed by atoms with Crippen LogP contribution in [0.1, 0.15) is 24.0 Å². The molecule has 1 heterocycles. The van der Waals surface area contributed by atoms with Crippen LogP contribution < -0.4 is 16.0 Å². The summed E-state index contributed by atoms with van der Waals surface area (Å²) in [6.45, 7) is 3.47. The number of nitrogens with zero attached hydrogens (tertiary/aromatic N) is 1. The molecule has 0 aromatic heterocycles. The molecule has 0 saturated heterocycles. The number of dihydropyridines is 1. The van der Waals surface area contributed by atoms with Gasteiger partial charge in [0, 0.05) is 38.3 Å². The summed E-state index contributed by atoms with van der Waals surface area (Å²) in [7, 11) is 0. The predicted molar refractivity (Wildman–Crippen MR) is 155 cm³/mol. The zero-order valence-electron chi connectivity index (χ0n) is 20.9.